The molecule has 4 nitrogen and oxygen atoms in total. The van der Waals surface area contributed by atoms with E-state index in [9.17, 15) is 4.79 Å². The molecule has 0 aliphatic carbocycles. The van der Waals surface area contributed by atoms with Crippen molar-refractivity contribution in [3.8, 4) is 0 Å². The molecule has 1 unspecified atom stereocenters. The summed E-state index contributed by atoms with van der Waals surface area (Å²) in [7, 11) is 1.88. The molecule has 1 atom stereocenters. The lowest BCUT2D eigenvalue weighted by molar-refractivity contribution is -0.127. The van der Waals surface area contributed by atoms with Gasteiger partial charge in [-0.2, -0.15) is 0 Å². The van der Waals surface area contributed by atoms with Gasteiger partial charge in [0.05, 0.1) is 12.6 Å². The van der Waals surface area contributed by atoms with E-state index in [1.165, 1.54) is 0 Å². The molecule has 18 heavy (non-hydrogen) atoms. The molecule has 5 heteroatoms. The maximum atomic E-state index is 12.0. The van der Waals surface area contributed by atoms with Crippen molar-refractivity contribution in [2.45, 2.75) is 13.0 Å². The number of hydrogen-bond donors (Lipinski definition) is 1. The van der Waals surface area contributed by atoms with Gasteiger partial charge in [-0.25, -0.2) is 0 Å². The van der Waals surface area contributed by atoms with Crippen LogP contribution in [-0.4, -0.2) is 38.8 Å². The maximum absolute atomic E-state index is 12.0. The lowest BCUT2D eigenvalue weighted by Gasteiger charge is -2.35. The Kier molecular flexibility index (Phi) is 4.37. The number of hydrogen-bond acceptors (Lipinski definition) is 3. The topological polar surface area (TPSA) is 41.6 Å². The summed E-state index contributed by atoms with van der Waals surface area (Å²) in [6, 6.07) is 6.03. The summed E-state index contributed by atoms with van der Waals surface area (Å²) < 4.78 is 6.33. The van der Waals surface area contributed by atoms with Gasteiger partial charge >= 0.3 is 0 Å². The number of aryl methyl sites for hydroxylation is 1. The molecule has 1 amide bonds. The van der Waals surface area contributed by atoms with E-state index < -0.39 is 0 Å². The molecule has 2 rings (SSSR count). The molecule has 0 radical (unpaired) electrons. The third kappa shape index (κ3) is 2.74. The Hall–Kier alpha value is -0.910. The highest BCUT2D eigenvalue weighted by atomic mass is 79.9. The number of benzene rings is 1. The monoisotopic (exact) mass is 312 g/mol. The van der Waals surface area contributed by atoms with E-state index in [1.54, 1.807) is 0 Å². The Labute approximate surface area is 115 Å². The van der Waals surface area contributed by atoms with Gasteiger partial charge in [-0.05, 0) is 31.7 Å². The summed E-state index contributed by atoms with van der Waals surface area (Å²) in [4.78, 5) is 13.9. The van der Waals surface area contributed by atoms with Crippen LogP contribution in [0.1, 0.15) is 5.56 Å². The fourth-order valence-corrected chi connectivity index (χ4v) is 2.47. The SMILES string of the molecule is CNCC1COCC(=O)N1c1ccc(C)c(Br)c1. The van der Waals surface area contributed by atoms with Gasteiger partial charge in [-0.1, -0.05) is 22.0 Å². The number of amides is 1. The summed E-state index contributed by atoms with van der Waals surface area (Å²) in [5.74, 6) is 0.0113. The lowest BCUT2D eigenvalue weighted by Crippen LogP contribution is -2.53. The fraction of sp³-hybridized carbons (Fsp3) is 0.462. The van der Waals surface area contributed by atoms with E-state index in [0.717, 1.165) is 22.3 Å². The second-order valence-corrected chi connectivity index (χ2v) is 5.28. The van der Waals surface area contributed by atoms with E-state index in [2.05, 4.69) is 21.2 Å². The molecule has 1 fully saturated rings. The van der Waals surface area contributed by atoms with Gasteiger partial charge < -0.3 is 15.0 Å². The molecule has 0 aromatic heterocycles. The summed E-state index contributed by atoms with van der Waals surface area (Å²) >= 11 is 3.51. The normalized spacial score (nSPS) is 20.3. The molecule has 1 aromatic rings. The molecule has 1 saturated heterocycles. The number of morpholine rings is 1. The fourth-order valence-electron chi connectivity index (χ4n) is 2.10. The molecular weight excluding hydrogens is 296 g/mol. The Balaban J connectivity index is 2.31. The number of halogens is 1. The number of nitrogens with one attached hydrogen (secondary N) is 1. The Morgan fingerprint density at radius 1 is 1.56 bits per heavy atom. The molecule has 1 N–H and O–H groups in total. The number of nitrogens with zero attached hydrogens (tertiary/aromatic N) is 1. The van der Waals surface area contributed by atoms with Crippen LogP contribution in [0.4, 0.5) is 5.69 Å². The molecule has 1 heterocycles. The zero-order valence-electron chi connectivity index (χ0n) is 10.6. The summed E-state index contributed by atoms with van der Waals surface area (Å²) in [5.41, 5.74) is 2.07. The molecule has 0 spiro atoms. The van der Waals surface area contributed by atoms with Crippen LogP contribution in [0.2, 0.25) is 0 Å². The molecular formula is C13H17BrN2O2. The molecule has 1 aliphatic rings. The molecule has 1 aromatic carbocycles. The number of ether oxygens (including phenoxy) is 1. The lowest BCUT2D eigenvalue weighted by atomic mass is 10.1. The van der Waals surface area contributed by atoms with E-state index in [-0.39, 0.29) is 18.6 Å². The van der Waals surface area contributed by atoms with Gasteiger partial charge in [0.15, 0.2) is 0 Å². The third-order valence-electron chi connectivity index (χ3n) is 3.04. The molecule has 98 valence electrons. The minimum absolute atomic E-state index is 0.0113. The Bertz CT molecular complexity index is 449. The first kappa shape index (κ1) is 13.5. The van der Waals surface area contributed by atoms with E-state index in [0.29, 0.717) is 6.61 Å². The minimum atomic E-state index is 0.0113. The highest BCUT2D eigenvalue weighted by molar-refractivity contribution is 9.10. The van der Waals surface area contributed by atoms with Crippen LogP contribution < -0.4 is 10.2 Å². The Morgan fingerprint density at radius 3 is 3.00 bits per heavy atom. The number of likely N-dealkylation sites (N-methyl/N-ethyl adjacent to an activating group) is 1. The number of anilines is 1. The minimum Gasteiger partial charge on any atom is -0.369 e. The zero-order chi connectivity index (χ0) is 13.1. The average Bonchev–Trinajstić information content (AvgIpc) is 2.34. The van der Waals surface area contributed by atoms with Gasteiger partial charge in [0, 0.05) is 16.7 Å². The predicted octanol–water partition coefficient (Wildman–Crippen LogP) is 1.71. The molecule has 0 bridgehead atoms. The first-order valence-electron chi connectivity index (χ1n) is 5.94. The van der Waals surface area contributed by atoms with Gasteiger partial charge in [0.25, 0.3) is 5.91 Å². The van der Waals surface area contributed by atoms with E-state index in [1.807, 2.05) is 37.1 Å². The second kappa shape index (κ2) is 5.82. The first-order valence-corrected chi connectivity index (χ1v) is 6.73. The van der Waals surface area contributed by atoms with Crippen molar-refractivity contribution in [3.63, 3.8) is 0 Å². The van der Waals surface area contributed by atoms with Crippen LogP contribution in [0.3, 0.4) is 0 Å². The number of carbonyl (C=O) groups excluding carboxylic acids is 1. The van der Waals surface area contributed by atoms with Crippen molar-refractivity contribution in [2.24, 2.45) is 0 Å². The van der Waals surface area contributed by atoms with Crippen molar-refractivity contribution in [1.82, 2.24) is 5.32 Å². The van der Waals surface area contributed by atoms with E-state index >= 15 is 0 Å². The van der Waals surface area contributed by atoms with Gasteiger partial charge in [0.1, 0.15) is 6.61 Å². The summed E-state index contributed by atoms with van der Waals surface area (Å²) in [5, 5.41) is 3.10. The van der Waals surface area contributed by atoms with Crippen molar-refractivity contribution < 1.29 is 9.53 Å². The van der Waals surface area contributed by atoms with Crippen LogP contribution in [0.5, 0.6) is 0 Å². The van der Waals surface area contributed by atoms with Gasteiger partial charge in [0.2, 0.25) is 0 Å². The largest absolute Gasteiger partial charge is 0.369 e. The van der Waals surface area contributed by atoms with Crippen molar-refractivity contribution >= 4 is 27.5 Å². The number of rotatable bonds is 3. The van der Waals surface area contributed by atoms with Gasteiger partial charge in [-0.15, -0.1) is 0 Å². The second-order valence-electron chi connectivity index (χ2n) is 4.42. The van der Waals surface area contributed by atoms with Crippen LogP contribution in [0.25, 0.3) is 0 Å². The Morgan fingerprint density at radius 2 is 2.33 bits per heavy atom. The van der Waals surface area contributed by atoms with Crippen LogP contribution in [-0.2, 0) is 9.53 Å². The summed E-state index contributed by atoms with van der Waals surface area (Å²) in [6.45, 7) is 3.47. The van der Waals surface area contributed by atoms with Gasteiger partial charge in [-0.3, -0.25) is 4.79 Å². The highest BCUT2D eigenvalue weighted by Crippen LogP contribution is 2.26. The average molecular weight is 313 g/mol. The quantitative estimate of drug-likeness (QED) is 0.924. The zero-order valence-corrected chi connectivity index (χ0v) is 12.2. The van der Waals surface area contributed by atoms with Crippen LogP contribution in [0.15, 0.2) is 22.7 Å². The third-order valence-corrected chi connectivity index (χ3v) is 3.90. The van der Waals surface area contributed by atoms with Crippen molar-refractivity contribution in [1.29, 1.82) is 0 Å². The van der Waals surface area contributed by atoms with Crippen LogP contribution >= 0.6 is 15.9 Å². The van der Waals surface area contributed by atoms with E-state index in [4.69, 9.17) is 4.74 Å². The smallest absolute Gasteiger partial charge is 0.253 e. The predicted molar refractivity (Wildman–Crippen MR) is 74.9 cm³/mol. The summed E-state index contributed by atoms with van der Waals surface area (Å²) in [6.07, 6.45) is 0. The number of carbonyl (C=O) groups is 1. The molecule has 0 saturated carbocycles. The van der Waals surface area contributed by atoms with Crippen molar-refractivity contribution in [3.05, 3.63) is 28.2 Å². The van der Waals surface area contributed by atoms with Crippen LogP contribution in [0, 0.1) is 6.92 Å². The highest BCUT2D eigenvalue weighted by Gasteiger charge is 2.29. The van der Waals surface area contributed by atoms with Crippen molar-refractivity contribution in [2.75, 3.05) is 31.7 Å². The first-order chi connectivity index (χ1) is 8.63. The molecule has 1 aliphatic heterocycles. The maximum Gasteiger partial charge on any atom is 0.253 e. The standard InChI is InChI=1S/C13H17BrN2O2/c1-9-3-4-10(5-12(9)14)16-11(6-15-2)7-18-8-13(16)17/h3-5,11,15H,6-8H2,1-2H3.